The molecule has 1 heterocycles. The Labute approximate surface area is 115 Å². The Kier molecular flexibility index (Phi) is 4.97. The van der Waals surface area contributed by atoms with Gasteiger partial charge >= 0.3 is 5.97 Å². The third-order valence-corrected chi connectivity index (χ3v) is 3.96. The monoisotopic (exact) mass is 261 g/mol. The SMILES string of the molecule is CCCC1CN(C(CCc2ccccc2)C(=O)O)C1. The fourth-order valence-electron chi connectivity index (χ4n) is 2.87. The van der Waals surface area contributed by atoms with Crippen LogP contribution >= 0.6 is 0 Å². The molecule has 0 aromatic heterocycles. The fourth-order valence-corrected chi connectivity index (χ4v) is 2.87. The van der Waals surface area contributed by atoms with Crippen molar-refractivity contribution < 1.29 is 9.90 Å². The average molecular weight is 261 g/mol. The molecule has 19 heavy (non-hydrogen) atoms. The summed E-state index contributed by atoms with van der Waals surface area (Å²) in [7, 11) is 0. The smallest absolute Gasteiger partial charge is 0.320 e. The molecular weight excluding hydrogens is 238 g/mol. The molecule has 0 saturated carbocycles. The van der Waals surface area contributed by atoms with Crippen molar-refractivity contribution in [2.45, 2.75) is 38.6 Å². The minimum atomic E-state index is -0.675. The Morgan fingerprint density at radius 1 is 1.37 bits per heavy atom. The number of carbonyl (C=O) groups is 1. The summed E-state index contributed by atoms with van der Waals surface area (Å²) in [5.41, 5.74) is 1.22. The van der Waals surface area contributed by atoms with E-state index in [1.807, 2.05) is 18.2 Å². The van der Waals surface area contributed by atoms with Gasteiger partial charge in [-0.15, -0.1) is 0 Å². The van der Waals surface area contributed by atoms with Crippen LogP contribution in [0.2, 0.25) is 0 Å². The second-order valence-electron chi connectivity index (χ2n) is 5.49. The molecule has 0 radical (unpaired) electrons. The molecule has 1 aliphatic rings. The first-order chi connectivity index (χ1) is 9.20. The van der Waals surface area contributed by atoms with Crippen molar-refractivity contribution in [1.82, 2.24) is 4.90 Å². The molecule has 1 aromatic rings. The highest BCUT2D eigenvalue weighted by atomic mass is 16.4. The fraction of sp³-hybridized carbons (Fsp3) is 0.562. The number of hydrogen-bond donors (Lipinski definition) is 1. The van der Waals surface area contributed by atoms with E-state index in [2.05, 4.69) is 24.0 Å². The maximum absolute atomic E-state index is 11.4. The number of carboxylic acids is 1. The van der Waals surface area contributed by atoms with Crippen molar-refractivity contribution in [1.29, 1.82) is 0 Å². The Bertz CT molecular complexity index is 398. The number of aliphatic carboxylic acids is 1. The predicted octanol–water partition coefficient (Wildman–Crippen LogP) is 2.80. The standard InChI is InChI=1S/C16H23NO2/c1-2-6-14-11-17(12-14)15(16(18)19)10-9-13-7-4-3-5-8-13/h3-5,7-8,14-15H,2,6,9-12H2,1H3,(H,18,19). The normalized spacial score (nSPS) is 17.9. The number of nitrogens with zero attached hydrogens (tertiary/aromatic N) is 1. The van der Waals surface area contributed by atoms with E-state index in [-0.39, 0.29) is 6.04 Å². The van der Waals surface area contributed by atoms with Crippen LogP contribution in [0.4, 0.5) is 0 Å². The highest BCUT2D eigenvalue weighted by molar-refractivity contribution is 5.73. The summed E-state index contributed by atoms with van der Waals surface area (Å²) >= 11 is 0. The lowest BCUT2D eigenvalue weighted by atomic mass is 9.91. The highest BCUT2D eigenvalue weighted by Gasteiger charge is 2.34. The van der Waals surface area contributed by atoms with E-state index in [0.29, 0.717) is 12.3 Å². The minimum Gasteiger partial charge on any atom is -0.480 e. The molecule has 2 rings (SSSR count). The molecule has 0 amide bonds. The molecular formula is C16H23NO2. The van der Waals surface area contributed by atoms with Crippen LogP contribution in [0.3, 0.4) is 0 Å². The Balaban J connectivity index is 1.83. The van der Waals surface area contributed by atoms with Crippen LogP contribution in [0.1, 0.15) is 31.7 Å². The van der Waals surface area contributed by atoms with E-state index < -0.39 is 5.97 Å². The topological polar surface area (TPSA) is 40.5 Å². The number of aryl methyl sites for hydroxylation is 1. The first kappa shape index (κ1) is 14.1. The van der Waals surface area contributed by atoms with E-state index in [9.17, 15) is 9.90 Å². The zero-order valence-electron chi connectivity index (χ0n) is 11.6. The second kappa shape index (κ2) is 6.71. The van der Waals surface area contributed by atoms with E-state index >= 15 is 0 Å². The average Bonchev–Trinajstić information content (AvgIpc) is 2.36. The molecule has 0 bridgehead atoms. The van der Waals surface area contributed by atoms with Gasteiger partial charge in [-0.05, 0) is 30.7 Å². The van der Waals surface area contributed by atoms with Gasteiger partial charge in [0.05, 0.1) is 0 Å². The zero-order chi connectivity index (χ0) is 13.7. The Hall–Kier alpha value is -1.35. The molecule has 3 heteroatoms. The van der Waals surface area contributed by atoms with Gasteiger partial charge in [-0.3, -0.25) is 9.69 Å². The summed E-state index contributed by atoms with van der Waals surface area (Å²) in [4.78, 5) is 13.5. The quantitative estimate of drug-likeness (QED) is 0.820. The summed E-state index contributed by atoms with van der Waals surface area (Å²) in [6.07, 6.45) is 3.97. The number of benzene rings is 1. The third-order valence-electron chi connectivity index (χ3n) is 3.96. The summed E-state index contributed by atoms with van der Waals surface area (Å²) < 4.78 is 0. The van der Waals surface area contributed by atoms with Gasteiger partial charge in [0, 0.05) is 13.1 Å². The lowest BCUT2D eigenvalue weighted by molar-refractivity contribution is -0.146. The summed E-state index contributed by atoms with van der Waals surface area (Å²) in [5.74, 6) is 0.0365. The summed E-state index contributed by atoms with van der Waals surface area (Å²) in [5, 5.41) is 9.36. The highest BCUT2D eigenvalue weighted by Crippen LogP contribution is 2.24. The Morgan fingerprint density at radius 3 is 2.63 bits per heavy atom. The van der Waals surface area contributed by atoms with Crippen LogP contribution in [0.15, 0.2) is 30.3 Å². The van der Waals surface area contributed by atoms with E-state index in [1.165, 1.54) is 18.4 Å². The number of rotatable bonds is 7. The van der Waals surface area contributed by atoms with Crippen molar-refractivity contribution in [2.75, 3.05) is 13.1 Å². The third kappa shape index (κ3) is 3.80. The second-order valence-corrected chi connectivity index (χ2v) is 5.49. The largest absolute Gasteiger partial charge is 0.480 e. The van der Waals surface area contributed by atoms with Gasteiger partial charge in [-0.2, -0.15) is 0 Å². The van der Waals surface area contributed by atoms with Crippen LogP contribution in [0, 0.1) is 5.92 Å². The zero-order valence-corrected chi connectivity index (χ0v) is 11.6. The predicted molar refractivity (Wildman–Crippen MR) is 76.2 cm³/mol. The van der Waals surface area contributed by atoms with Gasteiger partial charge in [0.2, 0.25) is 0 Å². The molecule has 0 aliphatic carbocycles. The summed E-state index contributed by atoms with van der Waals surface area (Å²) in [6, 6.07) is 9.82. The van der Waals surface area contributed by atoms with E-state index in [0.717, 1.165) is 19.5 Å². The van der Waals surface area contributed by atoms with Crippen molar-refractivity contribution in [3.63, 3.8) is 0 Å². The van der Waals surface area contributed by atoms with Gasteiger partial charge in [0.25, 0.3) is 0 Å². The number of carboxylic acid groups (broad SMARTS) is 1. The van der Waals surface area contributed by atoms with Crippen LogP contribution in [0.25, 0.3) is 0 Å². The number of hydrogen-bond acceptors (Lipinski definition) is 2. The molecule has 3 nitrogen and oxygen atoms in total. The molecule has 0 spiro atoms. The van der Waals surface area contributed by atoms with Crippen molar-refractivity contribution >= 4 is 5.97 Å². The first-order valence-electron chi connectivity index (χ1n) is 7.21. The van der Waals surface area contributed by atoms with Crippen LogP contribution in [-0.4, -0.2) is 35.1 Å². The molecule has 1 aliphatic heterocycles. The van der Waals surface area contributed by atoms with Crippen molar-refractivity contribution in [3.8, 4) is 0 Å². The molecule has 104 valence electrons. The molecule has 1 fully saturated rings. The lowest BCUT2D eigenvalue weighted by Gasteiger charge is -2.42. The molecule has 1 atom stereocenters. The summed E-state index contributed by atoms with van der Waals surface area (Å²) in [6.45, 7) is 4.10. The maximum Gasteiger partial charge on any atom is 0.320 e. The van der Waals surface area contributed by atoms with Gasteiger partial charge < -0.3 is 5.11 Å². The molecule has 1 unspecified atom stereocenters. The van der Waals surface area contributed by atoms with Gasteiger partial charge in [0.15, 0.2) is 0 Å². The number of likely N-dealkylation sites (tertiary alicyclic amines) is 1. The van der Waals surface area contributed by atoms with Gasteiger partial charge in [-0.1, -0.05) is 43.7 Å². The van der Waals surface area contributed by atoms with Gasteiger partial charge in [-0.25, -0.2) is 0 Å². The Morgan fingerprint density at radius 2 is 2.05 bits per heavy atom. The van der Waals surface area contributed by atoms with Crippen LogP contribution in [0.5, 0.6) is 0 Å². The van der Waals surface area contributed by atoms with Crippen molar-refractivity contribution in [3.05, 3.63) is 35.9 Å². The lowest BCUT2D eigenvalue weighted by Crippen LogP contribution is -2.54. The van der Waals surface area contributed by atoms with Crippen LogP contribution in [-0.2, 0) is 11.2 Å². The molecule has 1 saturated heterocycles. The van der Waals surface area contributed by atoms with E-state index in [4.69, 9.17) is 0 Å². The molecule has 1 N–H and O–H groups in total. The minimum absolute atomic E-state index is 0.312. The van der Waals surface area contributed by atoms with E-state index in [1.54, 1.807) is 0 Å². The maximum atomic E-state index is 11.4. The van der Waals surface area contributed by atoms with Crippen molar-refractivity contribution in [2.24, 2.45) is 5.92 Å². The van der Waals surface area contributed by atoms with Crippen LogP contribution < -0.4 is 0 Å². The first-order valence-corrected chi connectivity index (χ1v) is 7.21. The molecule has 1 aromatic carbocycles. The van der Waals surface area contributed by atoms with Gasteiger partial charge in [0.1, 0.15) is 6.04 Å².